The Labute approximate surface area is 189 Å². The smallest absolute Gasteiger partial charge is 0.334 e. The molecule has 0 aromatic carbocycles. The highest BCUT2D eigenvalue weighted by Gasteiger charge is 2.70. The first-order chi connectivity index (χ1) is 14.4. The molecule has 0 aromatic rings. The van der Waals surface area contributed by atoms with Gasteiger partial charge in [-0.05, 0) is 68.1 Å². The van der Waals surface area contributed by atoms with E-state index < -0.39 is 19.7 Å². The summed E-state index contributed by atoms with van der Waals surface area (Å²) < 4.78 is 25.4. The molecule has 4 atom stereocenters. The fraction of sp³-hybridized carbons (Fsp3) is 0.880. The van der Waals surface area contributed by atoms with Crippen LogP contribution >= 0.6 is 0 Å². The van der Waals surface area contributed by atoms with Crippen molar-refractivity contribution in [3.05, 3.63) is 11.6 Å². The molecule has 0 N–H and O–H groups in total. The van der Waals surface area contributed by atoms with Crippen molar-refractivity contribution in [1.29, 1.82) is 0 Å². The third kappa shape index (κ3) is 3.75. The van der Waals surface area contributed by atoms with Crippen molar-refractivity contribution in [3.8, 4) is 0 Å². The second kappa shape index (κ2) is 7.68. The lowest BCUT2D eigenvalue weighted by Gasteiger charge is -2.69. The van der Waals surface area contributed by atoms with Crippen molar-refractivity contribution in [2.75, 3.05) is 19.8 Å². The van der Waals surface area contributed by atoms with Crippen LogP contribution in [0.25, 0.3) is 0 Å². The Morgan fingerprint density at radius 3 is 2.39 bits per heavy atom. The quantitative estimate of drug-likeness (QED) is 0.411. The minimum absolute atomic E-state index is 0.00191. The summed E-state index contributed by atoms with van der Waals surface area (Å²) >= 11 is 0. The minimum Gasteiger partial charge on any atom is -0.458 e. The average Bonchev–Trinajstić information content (AvgIpc) is 3.29. The van der Waals surface area contributed by atoms with Gasteiger partial charge in [-0.1, -0.05) is 34.1 Å². The monoisotopic (exact) mass is 450 g/mol. The third-order valence-electron chi connectivity index (χ3n) is 8.88. The molecule has 0 radical (unpaired) electrons. The highest BCUT2D eigenvalue weighted by Crippen LogP contribution is 2.68. The van der Waals surface area contributed by atoms with E-state index in [-0.39, 0.29) is 22.7 Å². The highest BCUT2D eigenvalue weighted by molar-refractivity contribution is 6.69. The molecule has 2 saturated carbocycles. The maximum Gasteiger partial charge on any atom is 0.334 e. The zero-order valence-corrected chi connectivity index (χ0v) is 21.6. The van der Waals surface area contributed by atoms with Crippen LogP contribution in [0.2, 0.25) is 19.6 Å². The first-order valence-corrected chi connectivity index (χ1v) is 15.6. The van der Waals surface area contributed by atoms with Crippen LogP contribution in [-0.4, -0.2) is 45.5 Å². The van der Waals surface area contributed by atoms with Crippen LogP contribution in [0.1, 0.15) is 66.2 Å². The topological polar surface area (TPSA) is 54.0 Å². The van der Waals surface area contributed by atoms with Crippen LogP contribution in [0.5, 0.6) is 0 Å². The Hall–Kier alpha value is -0.693. The molecule has 2 aliphatic carbocycles. The first kappa shape index (κ1) is 23.5. The van der Waals surface area contributed by atoms with E-state index in [0.29, 0.717) is 32.2 Å². The Morgan fingerprint density at radius 2 is 1.81 bits per heavy atom. The predicted octanol–water partition coefficient (Wildman–Crippen LogP) is 5.46. The molecule has 176 valence electrons. The Morgan fingerprint density at radius 1 is 1.13 bits per heavy atom. The summed E-state index contributed by atoms with van der Waals surface area (Å²) in [4.78, 5) is 12.3. The largest absolute Gasteiger partial charge is 0.458 e. The number of ether oxygens (including phenoxy) is 3. The Balaban J connectivity index is 1.83. The van der Waals surface area contributed by atoms with E-state index in [0.717, 1.165) is 24.8 Å². The Kier molecular flexibility index (Phi) is 5.81. The fourth-order valence-corrected chi connectivity index (χ4v) is 9.11. The number of carbonyl (C=O) groups is 1. The van der Waals surface area contributed by atoms with E-state index in [9.17, 15) is 4.79 Å². The van der Waals surface area contributed by atoms with Crippen molar-refractivity contribution in [2.24, 2.45) is 22.7 Å². The normalized spacial score (nSPS) is 39.3. The molecule has 0 bridgehead atoms. The minimum atomic E-state index is -1.94. The van der Waals surface area contributed by atoms with Gasteiger partial charge >= 0.3 is 5.97 Å². The summed E-state index contributed by atoms with van der Waals surface area (Å²) in [6, 6.07) is 0. The zero-order valence-electron chi connectivity index (χ0n) is 20.6. The molecular formula is C25H42O5Si. The number of carbonyl (C=O) groups excluding carboxylic acids is 1. The van der Waals surface area contributed by atoms with E-state index in [1.165, 1.54) is 12.8 Å². The number of hydrogen-bond donors (Lipinski definition) is 0. The van der Waals surface area contributed by atoms with Crippen molar-refractivity contribution >= 4 is 14.3 Å². The van der Waals surface area contributed by atoms with E-state index in [1.807, 2.05) is 6.08 Å². The molecule has 3 fully saturated rings. The van der Waals surface area contributed by atoms with Crippen molar-refractivity contribution in [2.45, 2.75) is 97.2 Å². The molecule has 0 amide bonds. The molecule has 31 heavy (non-hydrogen) atoms. The SMILES string of the molecule is C[C@@H]1C2(C[C@H]3C(C)(C)CCC[C@]3(C)[C@]1(CCC1=CCOC1=O)O[Si](C)(C)C)OCCO2. The van der Waals surface area contributed by atoms with Gasteiger partial charge in [-0.25, -0.2) is 4.79 Å². The number of rotatable bonds is 5. The lowest BCUT2D eigenvalue weighted by atomic mass is 9.43. The van der Waals surface area contributed by atoms with Gasteiger partial charge in [-0.15, -0.1) is 0 Å². The summed E-state index contributed by atoms with van der Waals surface area (Å²) in [7, 11) is -1.94. The average molecular weight is 451 g/mol. The van der Waals surface area contributed by atoms with Gasteiger partial charge in [0.2, 0.25) is 0 Å². The van der Waals surface area contributed by atoms with Crippen molar-refractivity contribution in [3.63, 3.8) is 0 Å². The summed E-state index contributed by atoms with van der Waals surface area (Å²) in [5, 5.41) is 0. The summed E-state index contributed by atoms with van der Waals surface area (Å²) in [6.07, 6.45) is 7.94. The van der Waals surface area contributed by atoms with Crippen LogP contribution < -0.4 is 0 Å². The molecular weight excluding hydrogens is 408 g/mol. The summed E-state index contributed by atoms with van der Waals surface area (Å²) in [5.74, 6) is -0.241. The highest BCUT2D eigenvalue weighted by atomic mass is 28.4. The van der Waals surface area contributed by atoms with Crippen LogP contribution in [0.15, 0.2) is 11.6 Å². The van der Waals surface area contributed by atoms with E-state index in [1.54, 1.807) is 0 Å². The van der Waals surface area contributed by atoms with Crippen LogP contribution in [0.4, 0.5) is 0 Å². The first-order valence-electron chi connectivity index (χ1n) is 12.2. The summed E-state index contributed by atoms with van der Waals surface area (Å²) in [5.41, 5.74) is 0.577. The van der Waals surface area contributed by atoms with Gasteiger partial charge in [0, 0.05) is 17.9 Å². The van der Waals surface area contributed by atoms with Gasteiger partial charge in [0.15, 0.2) is 14.1 Å². The Bertz CT molecular complexity index is 748. The van der Waals surface area contributed by atoms with Crippen LogP contribution in [0, 0.1) is 22.7 Å². The van der Waals surface area contributed by atoms with Gasteiger partial charge in [0.1, 0.15) is 6.61 Å². The van der Waals surface area contributed by atoms with Gasteiger partial charge in [0.25, 0.3) is 0 Å². The van der Waals surface area contributed by atoms with Gasteiger partial charge in [-0.2, -0.15) is 0 Å². The predicted molar refractivity (Wildman–Crippen MR) is 123 cm³/mol. The molecule has 1 saturated heterocycles. The molecule has 5 nitrogen and oxygen atoms in total. The lowest BCUT2D eigenvalue weighted by Crippen LogP contribution is -2.72. The van der Waals surface area contributed by atoms with E-state index >= 15 is 0 Å². The van der Waals surface area contributed by atoms with Gasteiger partial charge in [0.05, 0.1) is 18.8 Å². The van der Waals surface area contributed by atoms with Crippen LogP contribution in [0.3, 0.4) is 0 Å². The molecule has 6 heteroatoms. The standard InChI is InChI=1S/C25H42O5Si/c1-18-24(30-31(5,6)7,13-9-19-10-14-27-21(19)26)23(4)12-8-11-22(2,3)20(23)17-25(18)28-15-16-29-25/h10,18,20H,8-9,11-17H2,1-7H3/t18-,20-,23-,24+/m0/s1. The maximum atomic E-state index is 12.3. The molecule has 4 rings (SSSR count). The number of fused-ring (bicyclic) bond motifs is 1. The summed E-state index contributed by atoms with van der Waals surface area (Å²) in [6.45, 7) is 18.2. The fourth-order valence-electron chi connectivity index (χ4n) is 7.50. The molecule has 2 aliphatic heterocycles. The lowest BCUT2D eigenvalue weighted by molar-refractivity contribution is -0.322. The molecule has 4 aliphatic rings. The number of hydrogen-bond acceptors (Lipinski definition) is 5. The zero-order chi connectivity index (χ0) is 22.7. The van der Waals surface area contributed by atoms with Crippen LogP contribution in [-0.2, 0) is 23.4 Å². The second-order valence-electron chi connectivity index (χ2n) is 12.2. The molecule has 1 spiro atoms. The maximum absolute atomic E-state index is 12.3. The molecule has 0 aromatic heterocycles. The van der Waals surface area contributed by atoms with E-state index in [2.05, 4.69) is 47.3 Å². The second-order valence-corrected chi connectivity index (χ2v) is 16.6. The van der Waals surface area contributed by atoms with E-state index in [4.69, 9.17) is 18.6 Å². The molecule has 0 unspecified atom stereocenters. The third-order valence-corrected chi connectivity index (χ3v) is 9.86. The van der Waals surface area contributed by atoms with Gasteiger partial charge < -0.3 is 18.6 Å². The number of esters is 1. The molecule has 2 heterocycles. The van der Waals surface area contributed by atoms with Crippen molar-refractivity contribution in [1.82, 2.24) is 0 Å². The van der Waals surface area contributed by atoms with Gasteiger partial charge in [-0.3, -0.25) is 0 Å². The van der Waals surface area contributed by atoms with Crippen molar-refractivity contribution < 1.29 is 23.4 Å². The number of cyclic esters (lactones) is 1.